The number of hydrogen-bond acceptors (Lipinski definition) is 5. The maximum Gasteiger partial charge on any atom is 0.139 e. The summed E-state index contributed by atoms with van der Waals surface area (Å²) in [4.78, 5) is 6.46. The van der Waals surface area contributed by atoms with Crippen molar-refractivity contribution < 1.29 is 9.84 Å². The normalized spacial score (nSPS) is 13.7. The lowest BCUT2D eigenvalue weighted by Gasteiger charge is -2.19. The Morgan fingerprint density at radius 2 is 1.62 bits per heavy atom. The highest BCUT2D eigenvalue weighted by Gasteiger charge is 2.31. The molecule has 0 unspecified atom stereocenters. The fourth-order valence-electron chi connectivity index (χ4n) is 3.59. The van der Waals surface area contributed by atoms with Gasteiger partial charge in [0.25, 0.3) is 0 Å². The first-order valence-corrected chi connectivity index (χ1v) is 11.1. The van der Waals surface area contributed by atoms with Crippen molar-refractivity contribution in [2.75, 3.05) is 11.4 Å². The maximum absolute atomic E-state index is 10.6. The third kappa shape index (κ3) is 3.88. The Morgan fingerprint density at radius 1 is 0.938 bits per heavy atom. The second-order valence-corrected chi connectivity index (χ2v) is 8.43. The van der Waals surface area contributed by atoms with Crippen LogP contribution in [0.2, 0.25) is 0 Å². The number of amidine groups is 1. The number of aliphatic hydroxyl groups excluding tert-OH is 1. The van der Waals surface area contributed by atoms with E-state index in [4.69, 9.17) is 15.1 Å². The minimum absolute atomic E-state index is 0.157. The SMILES string of the molecule is Cc1ccc(-c2csc(C3=C(O)CN(c4ccc(Oc5ccccc5)cc4)C3=N)n2)cc1. The van der Waals surface area contributed by atoms with Gasteiger partial charge in [0.2, 0.25) is 0 Å². The minimum Gasteiger partial charge on any atom is -0.510 e. The van der Waals surface area contributed by atoms with E-state index in [1.54, 1.807) is 4.90 Å². The Hall–Kier alpha value is -3.90. The van der Waals surface area contributed by atoms with E-state index in [0.29, 0.717) is 16.3 Å². The number of hydrogen-bond donors (Lipinski definition) is 2. The molecule has 0 aliphatic carbocycles. The largest absolute Gasteiger partial charge is 0.510 e. The molecule has 0 fully saturated rings. The number of rotatable bonds is 5. The molecular weight excluding hydrogens is 418 g/mol. The van der Waals surface area contributed by atoms with Crippen LogP contribution < -0.4 is 9.64 Å². The molecule has 2 heterocycles. The molecule has 0 saturated carbocycles. The van der Waals surface area contributed by atoms with E-state index in [9.17, 15) is 5.11 Å². The van der Waals surface area contributed by atoms with Crippen LogP contribution in [0.25, 0.3) is 16.8 Å². The molecule has 0 atom stereocenters. The highest BCUT2D eigenvalue weighted by molar-refractivity contribution is 7.11. The van der Waals surface area contributed by atoms with E-state index < -0.39 is 0 Å². The zero-order chi connectivity index (χ0) is 22.1. The number of aromatic nitrogens is 1. The molecule has 4 aromatic rings. The summed E-state index contributed by atoms with van der Waals surface area (Å²) in [7, 11) is 0. The molecule has 3 aromatic carbocycles. The first-order chi connectivity index (χ1) is 15.6. The van der Waals surface area contributed by atoms with Gasteiger partial charge in [0.15, 0.2) is 0 Å². The van der Waals surface area contributed by atoms with E-state index in [0.717, 1.165) is 22.7 Å². The van der Waals surface area contributed by atoms with Crippen molar-refractivity contribution in [1.82, 2.24) is 4.98 Å². The average Bonchev–Trinajstić information content (AvgIpc) is 3.40. The first-order valence-electron chi connectivity index (χ1n) is 10.2. The van der Waals surface area contributed by atoms with Gasteiger partial charge < -0.3 is 14.7 Å². The van der Waals surface area contributed by atoms with Crippen LogP contribution in [0.15, 0.2) is 90.0 Å². The second-order valence-electron chi connectivity index (χ2n) is 7.57. The Balaban J connectivity index is 1.34. The molecular formula is C26H21N3O2S. The van der Waals surface area contributed by atoms with Crippen molar-refractivity contribution in [3.05, 3.63) is 101 Å². The Bertz CT molecular complexity index is 1290. The summed E-state index contributed by atoms with van der Waals surface area (Å²) in [5.41, 5.74) is 4.36. The predicted octanol–water partition coefficient (Wildman–Crippen LogP) is 6.68. The molecule has 1 aliphatic rings. The van der Waals surface area contributed by atoms with E-state index in [1.807, 2.05) is 79.0 Å². The molecule has 5 rings (SSSR count). The lowest BCUT2D eigenvalue weighted by Crippen LogP contribution is -2.25. The van der Waals surface area contributed by atoms with Gasteiger partial charge in [0.05, 0.1) is 17.8 Å². The molecule has 5 nitrogen and oxygen atoms in total. The zero-order valence-corrected chi connectivity index (χ0v) is 18.3. The number of nitrogens with zero attached hydrogens (tertiary/aromatic N) is 2. The third-order valence-corrected chi connectivity index (χ3v) is 6.16. The Kier molecular flexibility index (Phi) is 5.21. The Labute approximate surface area is 190 Å². The zero-order valence-electron chi connectivity index (χ0n) is 17.4. The van der Waals surface area contributed by atoms with E-state index in [2.05, 4.69) is 12.1 Å². The van der Waals surface area contributed by atoms with Gasteiger partial charge >= 0.3 is 0 Å². The quantitative estimate of drug-likeness (QED) is 0.364. The number of aryl methyl sites for hydroxylation is 1. The molecule has 2 N–H and O–H groups in total. The van der Waals surface area contributed by atoms with Gasteiger partial charge in [-0.15, -0.1) is 11.3 Å². The number of thiazole rings is 1. The molecule has 0 radical (unpaired) electrons. The van der Waals surface area contributed by atoms with Gasteiger partial charge in [0, 0.05) is 16.6 Å². The lowest BCUT2D eigenvalue weighted by atomic mass is 10.1. The van der Waals surface area contributed by atoms with Crippen molar-refractivity contribution in [3.8, 4) is 22.8 Å². The number of benzene rings is 3. The molecule has 1 aliphatic heterocycles. The van der Waals surface area contributed by atoms with Gasteiger partial charge in [-0.2, -0.15) is 0 Å². The van der Waals surface area contributed by atoms with Crippen molar-refractivity contribution in [2.45, 2.75) is 6.92 Å². The summed E-state index contributed by atoms with van der Waals surface area (Å²) in [5, 5.41) is 21.9. The molecule has 6 heteroatoms. The summed E-state index contributed by atoms with van der Waals surface area (Å²) in [5.74, 6) is 1.88. The molecule has 158 valence electrons. The molecule has 0 saturated heterocycles. The summed E-state index contributed by atoms with van der Waals surface area (Å²) in [6, 6.07) is 25.3. The van der Waals surface area contributed by atoms with Crippen LogP contribution in [0.4, 0.5) is 5.69 Å². The van der Waals surface area contributed by atoms with Gasteiger partial charge in [-0.1, -0.05) is 48.0 Å². The van der Waals surface area contributed by atoms with Gasteiger partial charge in [-0.25, -0.2) is 4.98 Å². The van der Waals surface area contributed by atoms with Crippen molar-refractivity contribution >= 4 is 28.4 Å². The summed E-state index contributed by atoms with van der Waals surface area (Å²) < 4.78 is 5.85. The van der Waals surface area contributed by atoms with Crippen molar-refractivity contribution in [3.63, 3.8) is 0 Å². The van der Waals surface area contributed by atoms with E-state index in [-0.39, 0.29) is 18.1 Å². The predicted molar refractivity (Wildman–Crippen MR) is 130 cm³/mol. The fourth-order valence-corrected chi connectivity index (χ4v) is 4.48. The van der Waals surface area contributed by atoms with Crippen molar-refractivity contribution in [1.29, 1.82) is 5.41 Å². The van der Waals surface area contributed by atoms with Crippen LogP contribution in [0, 0.1) is 12.3 Å². The number of aliphatic hydroxyl groups is 1. The van der Waals surface area contributed by atoms with Gasteiger partial charge in [-0.05, 0) is 43.3 Å². The number of para-hydroxylation sites is 1. The first kappa shape index (κ1) is 20.0. The van der Waals surface area contributed by atoms with Crippen LogP contribution in [0.1, 0.15) is 10.6 Å². The highest BCUT2D eigenvalue weighted by atomic mass is 32.1. The van der Waals surface area contributed by atoms with Crippen LogP contribution in [0.3, 0.4) is 0 Å². The summed E-state index contributed by atoms with van der Waals surface area (Å²) >= 11 is 1.44. The standard InChI is InChI=1S/C26H21N3O2S/c1-17-7-9-18(10-8-17)22-16-32-26(28-22)24-23(30)15-29(25(24)27)19-11-13-21(14-12-19)31-20-5-3-2-4-6-20/h2-14,16,27,30H,15H2,1H3. The smallest absolute Gasteiger partial charge is 0.139 e. The molecule has 0 bridgehead atoms. The van der Waals surface area contributed by atoms with Crippen LogP contribution in [-0.2, 0) is 0 Å². The van der Waals surface area contributed by atoms with Crippen LogP contribution in [0.5, 0.6) is 11.5 Å². The second kappa shape index (κ2) is 8.32. The van der Waals surface area contributed by atoms with Gasteiger partial charge in [0.1, 0.15) is 28.1 Å². The maximum atomic E-state index is 10.6. The van der Waals surface area contributed by atoms with Crippen LogP contribution in [-0.4, -0.2) is 22.5 Å². The Morgan fingerprint density at radius 3 is 2.34 bits per heavy atom. The monoisotopic (exact) mass is 439 g/mol. The molecule has 32 heavy (non-hydrogen) atoms. The summed E-state index contributed by atoms with van der Waals surface area (Å²) in [6.45, 7) is 2.29. The van der Waals surface area contributed by atoms with E-state index in [1.165, 1.54) is 16.9 Å². The highest BCUT2D eigenvalue weighted by Crippen LogP contribution is 2.35. The van der Waals surface area contributed by atoms with E-state index >= 15 is 0 Å². The van der Waals surface area contributed by atoms with Gasteiger partial charge in [-0.3, -0.25) is 5.41 Å². The number of anilines is 1. The van der Waals surface area contributed by atoms with Crippen LogP contribution >= 0.6 is 11.3 Å². The number of nitrogens with one attached hydrogen (secondary N) is 1. The third-order valence-electron chi connectivity index (χ3n) is 5.30. The summed E-state index contributed by atoms with van der Waals surface area (Å²) in [6.07, 6.45) is 0. The molecule has 1 aromatic heterocycles. The fraction of sp³-hybridized carbons (Fsp3) is 0.0769. The average molecular weight is 440 g/mol. The minimum atomic E-state index is 0.157. The molecule has 0 spiro atoms. The topological polar surface area (TPSA) is 69.4 Å². The molecule has 0 amide bonds. The lowest BCUT2D eigenvalue weighted by molar-refractivity contribution is 0.411. The number of ether oxygens (including phenoxy) is 1. The van der Waals surface area contributed by atoms with Crippen molar-refractivity contribution in [2.24, 2.45) is 0 Å².